The van der Waals surface area contributed by atoms with Crippen LogP contribution in [0.15, 0.2) is 52.3 Å². The van der Waals surface area contributed by atoms with Gasteiger partial charge in [0.2, 0.25) is 5.91 Å². The Morgan fingerprint density at radius 3 is 2.61 bits per heavy atom. The van der Waals surface area contributed by atoms with E-state index in [1.54, 1.807) is 24.3 Å². The van der Waals surface area contributed by atoms with Crippen molar-refractivity contribution in [2.45, 2.75) is 19.3 Å². The first kappa shape index (κ1) is 19.3. The predicted octanol–water partition coefficient (Wildman–Crippen LogP) is 0.788. The molecule has 3 rings (SSSR count). The van der Waals surface area contributed by atoms with E-state index in [2.05, 4.69) is 15.4 Å². The number of para-hydroxylation sites is 1. The Balaban J connectivity index is 1.64. The zero-order valence-corrected chi connectivity index (χ0v) is 14.3. The molecule has 0 aliphatic rings. The summed E-state index contributed by atoms with van der Waals surface area (Å²) in [5, 5.41) is 6.03. The first-order valence-corrected chi connectivity index (χ1v) is 8.12. The van der Waals surface area contributed by atoms with Gasteiger partial charge < -0.3 is 5.32 Å². The summed E-state index contributed by atoms with van der Waals surface area (Å²) in [6.07, 6.45) is -3.44. The third-order valence-corrected chi connectivity index (χ3v) is 3.85. The first-order chi connectivity index (χ1) is 13.3. The Morgan fingerprint density at radius 1 is 1.11 bits per heavy atom. The normalized spacial score (nSPS) is 11.5. The average Bonchev–Trinajstić information content (AvgIpc) is 2.65. The van der Waals surface area contributed by atoms with E-state index in [9.17, 15) is 27.6 Å². The van der Waals surface area contributed by atoms with E-state index in [-0.39, 0.29) is 19.6 Å². The van der Waals surface area contributed by atoms with Gasteiger partial charge in [0, 0.05) is 12.6 Å². The Bertz CT molecular complexity index is 1140. The van der Waals surface area contributed by atoms with E-state index in [1.165, 1.54) is 6.33 Å². The highest BCUT2D eigenvalue weighted by Gasteiger charge is 2.33. The van der Waals surface area contributed by atoms with Gasteiger partial charge in [-0.15, -0.1) is 0 Å². The van der Waals surface area contributed by atoms with Gasteiger partial charge in [-0.25, -0.2) is 9.67 Å². The fourth-order valence-electron chi connectivity index (χ4n) is 2.49. The van der Waals surface area contributed by atoms with Crippen molar-refractivity contribution < 1.29 is 18.0 Å². The summed E-state index contributed by atoms with van der Waals surface area (Å²) < 4.78 is 39.7. The number of alkyl halides is 3. The number of nitrogens with zero attached hydrogens (tertiary/aromatic N) is 4. The maximum absolute atomic E-state index is 12.7. The molecule has 0 bridgehead atoms. The minimum Gasteiger partial charge on any atom is -0.353 e. The summed E-state index contributed by atoms with van der Waals surface area (Å²) in [6, 6.07) is 8.02. The van der Waals surface area contributed by atoms with Crippen LogP contribution in [0.2, 0.25) is 0 Å². The van der Waals surface area contributed by atoms with Gasteiger partial charge in [0.15, 0.2) is 5.69 Å². The number of hydrogen-bond acceptors (Lipinski definition) is 5. The molecule has 0 unspecified atom stereocenters. The topological polar surface area (TPSA) is 98.9 Å². The SMILES string of the molecule is O=C(Cn1cnc2ccccc2c1=O)NCCn1nc(C(F)(F)F)ccc1=O. The molecular formula is C17H14F3N5O3. The van der Waals surface area contributed by atoms with E-state index < -0.39 is 28.9 Å². The second-order valence-corrected chi connectivity index (χ2v) is 5.82. The van der Waals surface area contributed by atoms with Crippen LogP contribution in [0.5, 0.6) is 0 Å². The summed E-state index contributed by atoms with van der Waals surface area (Å²) in [5.41, 5.74) is -1.82. The first-order valence-electron chi connectivity index (χ1n) is 8.12. The van der Waals surface area contributed by atoms with Crippen LogP contribution in [-0.2, 0) is 24.1 Å². The number of carbonyl (C=O) groups excluding carboxylic acids is 1. The standard InChI is InChI=1S/C17H14F3N5O3/c18-17(19,20)13-5-6-15(27)25(23-13)8-7-21-14(26)9-24-10-22-12-4-2-1-3-11(12)16(24)28/h1-6,10H,7-9H2,(H,21,26). The molecular weight excluding hydrogens is 379 g/mol. The molecule has 0 aliphatic carbocycles. The zero-order chi connectivity index (χ0) is 20.3. The molecule has 11 heteroatoms. The molecule has 0 radical (unpaired) electrons. The lowest BCUT2D eigenvalue weighted by Crippen LogP contribution is -2.36. The molecule has 1 aromatic carbocycles. The minimum absolute atomic E-state index is 0.136. The van der Waals surface area contributed by atoms with Gasteiger partial charge >= 0.3 is 6.18 Å². The fourth-order valence-corrected chi connectivity index (χ4v) is 2.49. The Morgan fingerprint density at radius 2 is 1.86 bits per heavy atom. The number of benzene rings is 1. The molecule has 0 atom stereocenters. The van der Waals surface area contributed by atoms with Gasteiger partial charge in [-0.1, -0.05) is 12.1 Å². The lowest BCUT2D eigenvalue weighted by atomic mass is 10.2. The molecule has 0 spiro atoms. The Kier molecular flexibility index (Phi) is 5.25. The number of hydrogen-bond donors (Lipinski definition) is 1. The molecule has 146 valence electrons. The predicted molar refractivity (Wildman–Crippen MR) is 92.5 cm³/mol. The molecule has 28 heavy (non-hydrogen) atoms. The Labute approximate surface area is 155 Å². The van der Waals surface area contributed by atoms with Gasteiger partial charge in [-0.05, 0) is 18.2 Å². The quantitative estimate of drug-likeness (QED) is 0.691. The highest BCUT2D eigenvalue weighted by atomic mass is 19.4. The summed E-state index contributed by atoms with van der Waals surface area (Å²) in [5.74, 6) is -0.556. The number of halogens is 3. The Hall–Kier alpha value is -3.50. The van der Waals surface area contributed by atoms with Gasteiger partial charge in [-0.3, -0.25) is 19.0 Å². The molecule has 1 N–H and O–H groups in total. The highest BCUT2D eigenvalue weighted by Crippen LogP contribution is 2.26. The number of fused-ring (bicyclic) bond motifs is 1. The van der Waals surface area contributed by atoms with Crippen LogP contribution in [0.1, 0.15) is 5.69 Å². The van der Waals surface area contributed by atoms with Crippen molar-refractivity contribution in [1.29, 1.82) is 0 Å². The van der Waals surface area contributed by atoms with Gasteiger partial charge in [0.1, 0.15) is 6.54 Å². The van der Waals surface area contributed by atoms with Crippen LogP contribution in [0.25, 0.3) is 10.9 Å². The number of nitrogens with one attached hydrogen (secondary N) is 1. The van der Waals surface area contributed by atoms with Crippen LogP contribution in [0, 0.1) is 0 Å². The van der Waals surface area contributed by atoms with E-state index >= 15 is 0 Å². The molecule has 0 saturated carbocycles. The number of rotatable bonds is 5. The monoisotopic (exact) mass is 393 g/mol. The van der Waals surface area contributed by atoms with Gasteiger partial charge in [0.25, 0.3) is 11.1 Å². The molecule has 0 aliphatic heterocycles. The number of carbonyl (C=O) groups is 1. The van der Waals surface area contributed by atoms with Crippen LogP contribution < -0.4 is 16.4 Å². The fraction of sp³-hybridized carbons (Fsp3) is 0.235. The van der Waals surface area contributed by atoms with Crippen molar-refractivity contribution in [3.8, 4) is 0 Å². The molecule has 2 heterocycles. The van der Waals surface area contributed by atoms with Crippen molar-refractivity contribution >= 4 is 16.8 Å². The summed E-state index contributed by atoms with van der Waals surface area (Å²) in [7, 11) is 0. The molecule has 3 aromatic rings. The van der Waals surface area contributed by atoms with Crippen molar-refractivity contribution in [2.75, 3.05) is 6.54 Å². The second-order valence-electron chi connectivity index (χ2n) is 5.82. The summed E-state index contributed by atoms with van der Waals surface area (Å²) >= 11 is 0. The smallest absolute Gasteiger partial charge is 0.353 e. The van der Waals surface area contributed by atoms with E-state index in [0.29, 0.717) is 21.7 Å². The lowest BCUT2D eigenvalue weighted by Gasteiger charge is -2.10. The van der Waals surface area contributed by atoms with Crippen molar-refractivity contribution in [3.63, 3.8) is 0 Å². The van der Waals surface area contributed by atoms with Crippen LogP contribution in [0.4, 0.5) is 13.2 Å². The van der Waals surface area contributed by atoms with E-state index in [1.807, 2.05) is 0 Å². The third-order valence-electron chi connectivity index (χ3n) is 3.85. The molecule has 8 nitrogen and oxygen atoms in total. The number of amides is 1. The molecule has 0 saturated heterocycles. The minimum atomic E-state index is -4.68. The van der Waals surface area contributed by atoms with E-state index in [0.717, 1.165) is 10.6 Å². The van der Waals surface area contributed by atoms with Gasteiger partial charge in [0.05, 0.1) is 23.8 Å². The molecule has 0 fully saturated rings. The lowest BCUT2D eigenvalue weighted by molar-refractivity contribution is -0.142. The van der Waals surface area contributed by atoms with Crippen LogP contribution >= 0.6 is 0 Å². The zero-order valence-electron chi connectivity index (χ0n) is 14.3. The maximum atomic E-state index is 12.7. The second kappa shape index (κ2) is 7.62. The highest BCUT2D eigenvalue weighted by molar-refractivity contribution is 5.78. The van der Waals surface area contributed by atoms with Gasteiger partial charge in [-0.2, -0.15) is 18.3 Å². The van der Waals surface area contributed by atoms with Crippen molar-refractivity contribution in [2.24, 2.45) is 0 Å². The molecule has 2 aromatic heterocycles. The van der Waals surface area contributed by atoms with Crippen molar-refractivity contribution in [1.82, 2.24) is 24.6 Å². The van der Waals surface area contributed by atoms with Crippen LogP contribution in [-0.4, -0.2) is 31.8 Å². The van der Waals surface area contributed by atoms with E-state index in [4.69, 9.17) is 0 Å². The maximum Gasteiger partial charge on any atom is 0.435 e. The average molecular weight is 393 g/mol. The largest absolute Gasteiger partial charge is 0.435 e. The van der Waals surface area contributed by atoms with Crippen molar-refractivity contribution in [3.05, 3.63) is 69.1 Å². The number of aromatic nitrogens is 4. The third kappa shape index (κ3) is 4.24. The molecule has 1 amide bonds. The summed E-state index contributed by atoms with van der Waals surface area (Å²) in [4.78, 5) is 40.0. The summed E-state index contributed by atoms with van der Waals surface area (Å²) in [6.45, 7) is -0.705. The van der Waals surface area contributed by atoms with Crippen LogP contribution in [0.3, 0.4) is 0 Å².